The molecule has 1 heterocycles. The van der Waals surface area contributed by atoms with Gasteiger partial charge in [-0.05, 0) is 56.4 Å². The first-order valence-electron chi connectivity index (χ1n) is 10.8. The second kappa shape index (κ2) is 11.8. The van der Waals surface area contributed by atoms with Crippen molar-refractivity contribution in [3.8, 4) is 11.5 Å². The van der Waals surface area contributed by atoms with E-state index in [0.717, 1.165) is 0 Å². The number of benzene rings is 2. The van der Waals surface area contributed by atoms with Crippen molar-refractivity contribution in [3.63, 3.8) is 0 Å². The van der Waals surface area contributed by atoms with Crippen LogP contribution in [0.15, 0.2) is 35.2 Å². The van der Waals surface area contributed by atoms with E-state index in [-0.39, 0.29) is 52.3 Å². The lowest BCUT2D eigenvalue weighted by Crippen LogP contribution is -2.42. The number of nitrogens with two attached hydrogens (primary N) is 1. The summed E-state index contributed by atoms with van der Waals surface area (Å²) in [4.78, 5) is 14.5. The molecule has 3 rings (SSSR count). The highest BCUT2D eigenvalue weighted by Gasteiger charge is 2.33. The van der Waals surface area contributed by atoms with Gasteiger partial charge in [-0.25, -0.2) is 4.79 Å². The summed E-state index contributed by atoms with van der Waals surface area (Å²) in [6.07, 6.45) is 1.14. The molecule has 2 aromatic carbocycles. The van der Waals surface area contributed by atoms with Gasteiger partial charge < -0.3 is 24.3 Å². The number of likely N-dealkylation sites (tertiary alicyclic amines) is 1. The Hall–Kier alpha value is -2.69. The minimum Gasteiger partial charge on any atom is -0.492 e. The van der Waals surface area contributed by atoms with Gasteiger partial charge in [0, 0.05) is 18.7 Å². The topological polar surface area (TPSA) is 132 Å². The van der Waals surface area contributed by atoms with Gasteiger partial charge >= 0.3 is 16.1 Å². The summed E-state index contributed by atoms with van der Waals surface area (Å²) in [6.45, 7) is 4.60. The van der Waals surface area contributed by atoms with E-state index in [1.807, 2.05) is 0 Å². The van der Waals surface area contributed by atoms with Gasteiger partial charge in [-0.3, -0.25) is 5.41 Å². The standard InChI is InChI=1S/C23H28ClN3O6S.ClH/c1-4-32-22(28)19-14(2)13-17(33-34(29,30)18-8-6-5-7-16(18)24)21(31-3)20(19)15-9-11-27(12-10-15)23(25)26;/h5-8,13,15H,4,9-12H2,1-3H3,(H3,25,26);1H. The lowest BCUT2D eigenvalue weighted by atomic mass is 9.84. The highest BCUT2D eigenvalue weighted by Crippen LogP contribution is 2.45. The molecule has 0 spiro atoms. The molecule has 0 bridgehead atoms. The Kier molecular flexibility index (Phi) is 9.65. The monoisotopic (exact) mass is 545 g/mol. The summed E-state index contributed by atoms with van der Waals surface area (Å²) in [5.41, 5.74) is 6.96. The molecule has 0 aliphatic carbocycles. The van der Waals surface area contributed by atoms with Crippen LogP contribution in [0.3, 0.4) is 0 Å². The molecule has 0 unspecified atom stereocenters. The molecule has 1 aliphatic heterocycles. The molecule has 0 amide bonds. The van der Waals surface area contributed by atoms with Crippen LogP contribution >= 0.6 is 24.0 Å². The molecule has 0 radical (unpaired) electrons. The molecule has 0 atom stereocenters. The van der Waals surface area contributed by atoms with Gasteiger partial charge in [0.25, 0.3) is 0 Å². The number of nitrogens with zero attached hydrogens (tertiary/aromatic N) is 1. The zero-order valence-electron chi connectivity index (χ0n) is 19.7. The van der Waals surface area contributed by atoms with Crippen LogP contribution in [0.5, 0.6) is 11.5 Å². The van der Waals surface area contributed by atoms with Crippen LogP contribution in [0.2, 0.25) is 5.02 Å². The van der Waals surface area contributed by atoms with E-state index < -0.39 is 16.1 Å². The molecule has 3 N–H and O–H groups in total. The van der Waals surface area contributed by atoms with Gasteiger partial charge in [0.15, 0.2) is 17.5 Å². The fourth-order valence-electron chi connectivity index (χ4n) is 4.15. The average molecular weight is 546 g/mol. The van der Waals surface area contributed by atoms with Gasteiger partial charge in [0.1, 0.15) is 4.90 Å². The Morgan fingerprint density at radius 3 is 2.43 bits per heavy atom. The minimum absolute atomic E-state index is 0. The van der Waals surface area contributed by atoms with Gasteiger partial charge in [0.2, 0.25) is 0 Å². The smallest absolute Gasteiger partial charge is 0.340 e. The van der Waals surface area contributed by atoms with Gasteiger partial charge in [-0.15, -0.1) is 12.4 Å². The first kappa shape index (κ1) is 28.5. The number of hydrogen-bond acceptors (Lipinski definition) is 7. The van der Waals surface area contributed by atoms with Crippen molar-refractivity contribution in [2.45, 2.75) is 37.5 Å². The molecule has 1 fully saturated rings. The summed E-state index contributed by atoms with van der Waals surface area (Å²) < 4.78 is 42.5. The van der Waals surface area contributed by atoms with Crippen molar-refractivity contribution in [3.05, 3.63) is 52.0 Å². The van der Waals surface area contributed by atoms with Crippen LogP contribution in [0.1, 0.15) is 47.2 Å². The Morgan fingerprint density at radius 1 is 1.26 bits per heavy atom. The Morgan fingerprint density at radius 2 is 1.89 bits per heavy atom. The molecule has 35 heavy (non-hydrogen) atoms. The Bertz CT molecular complexity index is 1200. The zero-order valence-corrected chi connectivity index (χ0v) is 22.1. The van der Waals surface area contributed by atoms with Crippen LogP contribution in [-0.2, 0) is 14.9 Å². The van der Waals surface area contributed by atoms with E-state index in [0.29, 0.717) is 42.6 Å². The molecule has 0 saturated carbocycles. The number of guanidine groups is 1. The average Bonchev–Trinajstić information content (AvgIpc) is 2.78. The van der Waals surface area contributed by atoms with E-state index >= 15 is 0 Å². The first-order chi connectivity index (χ1) is 16.1. The highest BCUT2D eigenvalue weighted by atomic mass is 35.5. The molecule has 1 saturated heterocycles. The lowest BCUT2D eigenvalue weighted by molar-refractivity contribution is 0.0522. The molecular weight excluding hydrogens is 517 g/mol. The van der Waals surface area contributed by atoms with E-state index in [9.17, 15) is 13.2 Å². The number of halogens is 2. The van der Waals surface area contributed by atoms with Crippen molar-refractivity contribution in [2.24, 2.45) is 5.73 Å². The van der Waals surface area contributed by atoms with E-state index in [1.165, 1.54) is 25.3 Å². The number of hydrogen-bond donors (Lipinski definition) is 2. The lowest BCUT2D eigenvalue weighted by Gasteiger charge is -2.34. The third kappa shape index (κ3) is 6.12. The Labute approximate surface area is 216 Å². The molecule has 12 heteroatoms. The maximum atomic E-state index is 13.0. The maximum Gasteiger partial charge on any atom is 0.340 e. The quantitative estimate of drug-likeness (QED) is 0.230. The number of nitrogens with one attached hydrogen (secondary N) is 1. The number of carbonyl (C=O) groups excluding carboxylic acids is 1. The highest BCUT2D eigenvalue weighted by molar-refractivity contribution is 7.87. The molecule has 192 valence electrons. The summed E-state index contributed by atoms with van der Waals surface area (Å²) in [7, 11) is -2.89. The van der Waals surface area contributed by atoms with Gasteiger partial charge in [0.05, 0.1) is 24.3 Å². The molecule has 0 aromatic heterocycles. The number of piperidine rings is 1. The Balaban J connectivity index is 0.00000432. The van der Waals surface area contributed by atoms with Crippen LogP contribution in [-0.4, -0.2) is 52.1 Å². The number of rotatable bonds is 7. The SMILES string of the molecule is CCOC(=O)c1c(C)cc(OS(=O)(=O)c2ccccc2Cl)c(OC)c1C1CCN(C(=N)N)CC1.Cl. The van der Waals surface area contributed by atoms with E-state index in [2.05, 4.69) is 0 Å². The predicted molar refractivity (Wildman–Crippen MR) is 136 cm³/mol. The van der Waals surface area contributed by atoms with Crippen LogP contribution in [0.25, 0.3) is 0 Å². The van der Waals surface area contributed by atoms with E-state index in [4.69, 9.17) is 36.4 Å². The second-order valence-electron chi connectivity index (χ2n) is 7.85. The number of carbonyl (C=O) groups is 1. The van der Waals surface area contributed by atoms with E-state index in [1.54, 1.807) is 30.9 Å². The first-order valence-corrected chi connectivity index (χ1v) is 12.6. The maximum absolute atomic E-state index is 13.0. The summed E-state index contributed by atoms with van der Waals surface area (Å²) in [5.74, 6) is -0.615. The van der Waals surface area contributed by atoms with Crippen molar-refractivity contribution >= 4 is 46.1 Å². The number of methoxy groups -OCH3 is 1. The van der Waals surface area contributed by atoms with Crippen LogP contribution in [0, 0.1) is 12.3 Å². The van der Waals surface area contributed by atoms with Crippen molar-refractivity contribution in [1.82, 2.24) is 4.90 Å². The van der Waals surface area contributed by atoms with Crippen molar-refractivity contribution in [1.29, 1.82) is 5.41 Å². The van der Waals surface area contributed by atoms with Crippen LogP contribution in [0.4, 0.5) is 0 Å². The van der Waals surface area contributed by atoms with Gasteiger partial charge in [-0.1, -0.05) is 23.7 Å². The molecule has 2 aromatic rings. The summed E-state index contributed by atoms with van der Waals surface area (Å²) in [5, 5.41) is 7.70. The molecule has 1 aliphatic rings. The normalized spacial score (nSPS) is 14.1. The van der Waals surface area contributed by atoms with Crippen molar-refractivity contribution < 1.29 is 26.9 Å². The number of ether oxygens (including phenoxy) is 2. The molecule has 9 nitrogen and oxygen atoms in total. The summed E-state index contributed by atoms with van der Waals surface area (Å²) >= 11 is 6.09. The third-order valence-corrected chi connectivity index (χ3v) is 7.45. The number of aryl methyl sites for hydroxylation is 1. The largest absolute Gasteiger partial charge is 0.492 e. The number of esters is 1. The van der Waals surface area contributed by atoms with Crippen molar-refractivity contribution in [2.75, 3.05) is 26.8 Å². The summed E-state index contributed by atoms with van der Waals surface area (Å²) in [6, 6.07) is 7.42. The van der Waals surface area contributed by atoms with Crippen LogP contribution < -0.4 is 14.7 Å². The fraction of sp³-hybridized carbons (Fsp3) is 0.391. The predicted octanol–water partition coefficient (Wildman–Crippen LogP) is 4.10. The molecular formula is C23H29Cl2N3O6S. The minimum atomic E-state index is -4.29. The third-order valence-electron chi connectivity index (χ3n) is 5.71. The van der Waals surface area contributed by atoms with Gasteiger partial charge in [-0.2, -0.15) is 8.42 Å². The second-order valence-corrected chi connectivity index (χ2v) is 9.77. The fourth-order valence-corrected chi connectivity index (χ4v) is 5.57. The zero-order chi connectivity index (χ0) is 25.0.